The molecule has 90 valence electrons. The average Bonchev–Trinajstić information content (AvgIpc) is 2.33. The Morgan fingerprint density at radius 2 is 1.89 bits per heavy atom. The molecule has 2 rings (SSSR count). The molecule has 1 aromatic rings. The first-order valence-electron chi connectivity index (χ1n) is 5.28. The van der Waals surface area contributed by atoms with E-state index in [9.17, 15) is 14.9 Å². The second-order valence-corrected chi connectivity index (χ2v) is 3.59. The van der Waals surface area contributed by atoms with E-state index in [1.54, 1.807) is 42.5 Å². The Morgan fingerprint density at radius 1 is 1.11 bits per heavy atom. The van der Waals surface area contributed by atoms with Crippen LogP contribution in [0.5, 0.6) is 0 Å². The predicted molar refractivity (Wildman–Crippen MR) is 67.5 cm³/mol. The van der Waals surface area contributed by atoms with Gasteiger partial charge in [-0.15, -0.1) is 0 Å². The molecule has 0 saturated heterocycles. The Morgan fingerprint density at radius 3 is 2.67 bits per heavy atom. The predicted octanol–water partition coefficient (Wildman–Crippen LogP) is 2.18. The van der Waals surface area contributed by atoms with Gasteiger partial charge in [0.15, 0.2) is 0 Å². The molecule has 0 spiro atoms. The van der Waals surface area contributed by atoms with Gasteiger partial charge in [-0.3, -0.25) is 14.9 Å². The van der Waals surface area contributed by atoms with Gasteiger partial charge in [0.2, 0.25) is 5.91 Å². The van der Waals surface area contributed by atoms with Crippen LogP contribution < -0.4 is 5.32 Å². The molecule has 5 heteroatoms. The fourth-order valence-electron chi connectivity index (χ4n) is 1.59. The smallest absolute Gasteiger partial charge is 0.278 e. The van der Waals surface area contributed by atoms with Gasteiger partial charge >= 0.3 is 0 Å². The normalized spacial score (nSPS) is 20.9. The summed E-state index contributed by atoms with van der Waals surface area (Å²) in [6, 6.07) is 6.28. The Bertz CT molecular complexity index is 586. The molecule has 0 bridgehead atoms. The molecule has 1 aliphatic rings. The third-order valence-corrected chi connectivity index (χ3v) is 2.38. The van der Waals surface area contributed by atoms with Gasteiger partial charge in [0, 0.05) is 12.1 Å². The van der Waals surface area contributed by atoms with Crippen LogP contribution in [0.2, 0.25) is 0 Å². The number of carbonyl (C=O) groups is 1. The minimum atomic E-state index is -0.472. The van der Waals surface area contributed by atoms with E-state index in [1.165, 1.54) is 12.1 Å². The highest BCUT2D eigenvalue weighted by atomic mass is 16.6. The van der Waals surface area contributed by atoms with Gasteiger partial charge in [0.1, 0.15) is 0 Å². The number of nitrogens with zero attached hydrogens (tertiary/aromatic N) is 1. The van der Waals surface area contributed by atoms with Crippen LogP contribution in [-0.4, -0.2) is 10.8 Å². The molecule has 1 N–H and O–H groups in total. The number of hydrogen-bond donors (Lipinski definition) is 1. The van der Waals surface area contributed by atoms with E-state index in [2.05, 4.69) is 5.32 Å². The molecule has 1 aliphatic heterocycles. The molecule has 0 unspecified atom stereocenters. The number of allylic oxidation sites excluding steroid dienone is 4. The minimum Gasteiger partial charge on any atom is -0.322 e. The van der Waals surface area contributed by atoms with Gasteiger partial charge in [-0.1, -0.05) is 30.4 Å². The summed E-state index contributed by atoms with van der Waals surface area (Å²) in [4.78, 5) is 21.9. The Labute approximate surface area is 103 Å². The molecule has 1 amide bonds. The zero-order valence-corrected chi connectivity index (χ0v) is 9.37. The molecule has 0 atom stereocenters. The number of carbonyl (C=O) groups excluding carboxylic acids is 1. The van der Waals surface area contributed by atoms with Crippen LogP contribution in [0.1, 0.15) is 5.56 Å². The average molecular weight is 242 g/mol. The third-order valence-electron chi connectivity index (χ3n) is 2.38. The van der Waals surface area contributed by atoms with Gasteiger partial charge in [-0.2, -0.15) is 0 Å². The van der Waals surface area contributed by atoms with Gasteiger partial charge < -0.3 is 5.32 Å². The second kappa shape index (κ2) is 5.09. The summed E-state index contributed by atoms with van der Waals surface area (Å²) >= 11 is 0. The molecule has 0 radical (unpaired) electrons. The number of benzene rings is 1. The Balaban J connectivity index is 2.48. The van der Waals surface area contributed by atoms with Crippen molar-refractivity contribution in [3.05, 3.63) is 70.3 Å². The molecule has 1 aromatic carbocycles. The lowest BCUT2D eigenvalue weighted by molar-refractivity contribution is -0.385. The maximum atomic E-state index is 11.5. The first-order valence-corrected chi connectivity index (χ1v) is 5.28. The van der Waals surface area contributed by atoms with E-state index in [0.717, 1.165) is 0 Å². The lowest BCUT2D eigenvalue weighted by Gasteiger charge is -2.09. The Hall–Kier alpha value is -2.69. The third kappa shape index (κ3) is 2.52. The Kier molecular flexibility index (Phi) is 3.33. The van der Waals surface area contributed by atoms with Crippen molar-refractivity contribution in [2.45, 2.75) is 0 Å². The number of para-hydroxylation sites is 1. The number of hydrogen-bond acceptors (Lipinski definition) is 3. The number of rotatable bonds is 2. The van der Waals surface area contributed by atoms with Gasteiger partial charge in [0.05, 0.1) is 16.2 Å². The standard InChI is InChI=1S/C13H10N2O3/c16-13-9-3-1-2-7-11(14-13)10-6-4-5-8-12(10)15(17)18/h1-9H,(H,14,16). The summed E-state index contributed by atoms with van der Waals surface area (Å²) in [5, 5.41) is 13.5. The lowest BCUT2D eigenvalue weighted by Crippen LogP contribution is -2.20. The highest BCUT2D eigenvalue weighted by Gasteiger charge is 2.17. The summed E-state index contributed by atoms with van der Waals surface area (Å²) in [6.07, 6.45) is 7.99. The SMILES string of the molecule is O=C1\C=C/C=C\C=C(\c2ccccc2[N+](=O)[O-])N1. The summed E-state index contributed by atoms with van der Waals surface area (Å²) in [7, 11) is 0. The van der Waals surface area contributed by atoms with E-state index in [-0.39, 0.29) is 11.6 Å². The quantitative estimate of drug-likeness (QED) is 0.638. The van der Waals surface area contributed by atoms with Gasteiger partial charge in [-0.05, 0) is 12.1 Å². The number of nitro benzene ring substituents is 1. The van der Waals surface area contributed by atoms with Crippen LogP contribution in [0.25, 0.3) is 5.70 Å². The van der Waals surface area contributed by atoms with Crippen LogP contribution in [0.4, 0.5) is 5.69 Å². The summed E-state index contributed by atoms with van der Waals surface area (Å²) in [6.45, 7) is 0. The summed E-state index contributed by atoms with van der Waals surface area (Å²) in [5.74, 6) is -0.316. The molecule has 18 heavy (non-hydrogen) atoms. The first kappa shape index (κ1) is 11.8. The van der Waals surface area contributed by atoms with Crippen molar-refractivity contribution < 1.29 is 9.72 Å². The van der Waals surface area contributed by atoms with E-state index >= 15 is 0 Å². The molecule has 0 fully saturated rings. The molecule has 0 saturated carbocycles. The largest absolute Gasteiger partial charge is 0.322 e. The van der Waals surface area contributed by atoms with E-state index in [4.69, 9.17) is 0 Å². The van der Waals surface area contributed by atoms with Crippen molar-refractivity contribution in [2.24, 2.45) is 0 Å². The van der Waals surface area contributed by atoms with Crippen molar-refractivity contribution in [1.29, 1.82) is 0 Å². The van der Waals surface area contributed by atoms with Crippen molar-refractivity contribution in [3.8, 4) is 0 Å². The molecular formula is C13H10N2O3. The molecule has 0 aliphatic carbocycles. The number of nitrogens with one attached hydrogen (secondary N) is 1. The van der Waals surface area contributed by atoms with Crippen LogP contribution in [0, 0.1) is 10.1 Å². The minimum absolute atomic E-state index is 0.0398. The zero-order chi connectivity index (χ0) is 13.0. The van der Waals surface area contributed by atoms with Crippen LogP contribution in [0.3, 0.4) is 0 Å². The maximum absolute atomic E-state index is 11.5. The molecular weight excluding hydrogens is 232 g/mol. The topological polar surface area (TPSA) is 72.2 Å². The molecule has 5 nitrogen and oxygen atoms in total. The molecule has 0 aromatic heterocycles. The highest BCUT2D eigenvalue weighted by Crippen LogP contribution is 2.24. The highest BCUT2D eigenvalue weighted by molar-refractivity contribution is 5.96. The second-order valence-electron chi connectivity index (χ2n) is 3.59. The van der Waals surface area contributed by atoms with E-state index in [0.29, 0.717) is 11.3 Å². The monoisotopic (exact) mass is 242 g/mol. The fraction of sp³-hybridized carbons (Fsp3) is 0. The van der Waals surface area contributed by atoms with Crippen molar-refractivity contribution in [3.63, 3.8) is 0 Å². The van der Waals surface area contributed by atoms with E-state index in [1.807, 2.05) is 0 Å². The van der Waals surface area contributed by atoms with Gasteiger partial charge in [0.25, 0.3) is 5.69 Å². The van der Waals surface area contributed by atoms with Crippen LogP contribution in [0.15, 0.2) is 54.6 Å². The zero-order valence-electron chi connectivity index (χ0n) is 9.37. The molecule has 1 heterocycles. The first-order chi connectivity index (χ1) is 8.68. The van der Waals surface area contributed by atoms with Crippen molar-refractivity contribution >= 4 is 17.3 Å². The van der Waals surface area contributed by atoms with Crippen LogP contribution in [-0.2, 0) is 4.79 Å². The summed E-state index contributed by atoms with van der Waals surface area (Å²) in [5.41, 5.74) is 0.755. The number of amides is 1. The van der Waals surface area contributed by atoms with E-state index < -0.39 is 4.92 Å². The van der Waals surface area contributed by atoms with Crippen molar-refractivity contribution in [1.82, 2.24) is 5.32 Å². The summed E-state index contributed by atoms with van der Waals surface area (Å²) < 4.78 is 0. The van der Waals surface area contributed by atoms with Crippen LogP contribution >= 0.6 is 0 Å². The van der Waals surface area contributed by atoms with Gasteiger partial charge in [-0.25, -0.2) is 0 Å². The lowest BCUT2D eigenvalue weighted by atomic mass is 10.1. The maximum Gasteiger partial charge on any atom is 0.278 e. The fourth-order valence-corrected chi connectivity index (χ4v) is 1.59. The van der Waals surface area contributed by atoms with Crippen molar-refractivity contribution in [2.75, 3.05) is 0 Å². The number of nitro groups is 1.